The number of carboxylic acid groups (broad SMARTS) is 1. The Balaban J connectivity index is 1.91. The lowest BCUT2D eigenvalue weighted by Gasteiger charge is -2.31. The van der Waals surface area contributed by atoms with Gasteiger partial charge >= 0.3 is 5.97 Å². The number of nitrogens with one attached hydrogen (secondary N) is 1. The van der Waals surface area contributed by atoms with E-state index in [1.54, 1.807) is 12.1 Å². The summed E-state index contributed by atoms with van der Waals surface area (Å²) < 4.78 is 22.7. The number of oxime groups is 1. The van der Waals surface area contributed by atoms with E-state index in [-0.39, 0.29) is 37.3 Å². The van der Waals surface area contributed by atoms with Crippen LogP contribution in [-0.4, -0.2) is 84.4 Å². The molecule has 1 amide bonds. The molecule has 3 atom stereocenters. The first-order valence-corrected chi connectivity index (χ1v) is 17.8. The van der Waals surface area contributed by atoms with Gasteiger partial charge in [-0.15, -0.1) is 0 Å². The van der Waals surface area contributed by atoms with Crippen LogP contribution in [0.1, 0.15) is 123 Å². The van der Waals surface area contributed by atoms with Gasteiger partial charge in [0.15, 0.2) is 6.10 Å². The van der Waals surface area contributed by atoms with E-state index < -0.39 is 47.4 Å². The van der Waals surface area contributed by atoms with E-state index >= 15 is 0 Å². The number of aliphatic hydroxyl groups excluding tert-OH is 1. The highest BCUT2D eigenvalue weighted by Gasteiger charge is 2.34. The summed E-state index contributed by atoms with van der Waals surface area (Å²) in [6.45, 7) is 16.9. The quantitative estimate of drug-likeness (QED) is 0.0576. The molecule has 12 nitrogen and oxygen atoms in total. The van der Waals surface area contributed by atoms with E-state index in [0.717, 1.165) is 31.4 Å². The van der Waals surface area contributed by atoms with Gasteiger partial charge in [0.25, 0.3) is 5.91 Å². The Kier molecular flexibility index (Phi) is 17.9. The second-order valence-electron chi connectivity index (χ2n) is 14.5. The number of benzene rings is 1. The molecule has 1 aliphatic rings. The fourth-order valence-electron chi connectivity index (χ4n) is 5.05. The lowest BCUT2D eigenvalue weighted by atomic mass is 10.0. The Labute approximate surface area is 304 Å². The Hall–Kier alpha value is -3.68. The number of nitrogens with zero attached hydrogens (tertiary/aromatic N) is 1. The number of aliphatic carboxylic acids is 1. The van der Waals surface area contributed by atoms with Crippen LogP contribution >= 0.6 is 0 Å². The molecule has 1 aromatic rings. The molecule has 0 bridgehead atoms. The second kappa shape index (κ2) is 21.0. The lowest BCUT2D eigenvalue weighted by Crippen LogP contribution is -2.42. The molecule has 2 rings (SSSR count). The number of carbonyl (C=O) groups excluding carboxylic acids is 2. The van der Waals surface area contributed by atoms with Crippen LogP contribution in [-0.2, 0) is 30.4 Å². The van der Waals surface area contributed by atoms with Gasteiger partial charge < -0.3 is 39.3 Å². The van der Waals surface area contributed by atoms with Crippen molar-refractivity contribution in [3.63, 3.8) is 0 Å². The minimum atomic E-state index is -1.24. The number of hydrogen-bond acceptors (Lipinski definition) is 10. The standard InChI is InChI=1S/C38H59BN2O10/c1-9-25(2)11-10-12-26(3)13-14-27(4)41-51-38(7,8)18-20-48-37(5,6)17-19-40-34(43)30-21-28(24-47-36(39)46)15-16-31(30)49-33-23-29(42)22-32(50-33)35(44)45/h9,12,15-16,21,29,32-33,42H,10-11,13-14,17-20,22-24,39H2,1-8H3,(H,40,43)(H,44,45)/b25-9+,26-12+,41-27+. The first-order chi connectivity index (χ1) is 23.9. The van der Waals surface area contributed by atoms with E-state index in [1.165, 1.54) is 25.1 Å². The molecule has 3 unspecified atom stereocenters. The molecule has 0 spiro atoms. The van der Waals surface area contributed by atoms with Gasteiger partial charge in [-0.2, -0.15) is 0 Å². The van der Waals surface area contributed by atoms with E-state index in [1.807, 2.05) is 34.6 Å². The summed E-state index contributed by atoms with van der Waals surface area (Å²) in [7, 11) is 1.29. The zero-order valence-corrected chi connectivity index (χ0v) is 32.0. The zero-order valence-electron chi connectivity index (χ0n) is 32.0. The van der Waals surface area contributed by atoms with Crippen LogP contribution in [0.15, 0.2) is 46.7 Å². The van der Waals surface area contributed by atoms with Gasteiger partial charge in [0.2, 0.25) is 20.0 Å². The van der Waals surface area contributed by atoms with Crippen LogP contribution in [0.5, 0.6) is 5.75 Å². The normalized spacial score (nSPS) is 19.0. The Morgan fingerprint density at radius 2 is 1.76 bits per heavy atom. The third-order valence-electron chi connectivity index (χ3n) is 8.59. The van der Waals surface area contributed by atoms with Crippen molar-refractivity contribution in [1.29, 1.82) is 0 Å². The molecule has 0 aromatic heterocycles. The fourth-order valence-corrected chi connectivity index (χ4v) is 5.05. The van der Waals surface area contributed by atoms with E-state index in [9.17, 15) is 24.6 Å². The Morgan fingerprint density at radius 1 is 1.04 bits per heavy atom. The molecule has 0 saturated carbocycles. The summed E-state index contributed by atoms with van der Waals surface area (Å²) in [5.74, 6) is -1.99. The number of ether oxygens (including phenoxy) is 4. The molecule has 1 heterocycles. The molecule has 13 heteroatoms. The first-order valence-electron chi connectivity index (χ1n) is 17.8. The van der Waals surface area contributed by atoms with Crippen molar-refractivity contribution in [2.45, 2.75) is 143 Å². The predicted molar refractivity (Wildman–Crippen MR) is 199 cm³/mol. The molecule has 1 fully saturated rings. The van der Waals surface area contributed by atoms with Crippen LogP contribution in [0, 0.1) is 0 Å². The summed E-state index contributed by atoms with van der Waals surface area (Å²) in [6.07, 6.45) is 6.20. The maximum absolute atomic E-state index is 13.4. The van der Waals surface area contributed by atoms with Crippen molar-refractivity contribution in [3.05, 3.63) is 52.6 Å². The van der Waals surface area contributed by atoms with Crippen molar-refractivity contribution >= 4 is 31.3 Å². The van der Waals surface area contributed by atoms with E-state index in [2.05, 4.69) is 43.4 Å². The Morgan fingerprint density at radius 3 is 2.43 bits per heavy atom. The van der Waals surface area contributed by atoms with Gasteiger partial charge in [0.1, 0.15) is 18.0 Å². The van der Waals surface area contributed by atoms with Crippen molar-refractivity contribution in [2.75, 3.05) is 13.2 Å². The molecule has 0 radical (unpaired) electrons. The summed E-state index contributed by atoms with van der Waals surface area (Å²) in [5, 5.41) is 26.8. The first kappa shape index (κ1) is 43.5. The number of aliphatic hydroxyl groups is 1. The zero-order chi connectivity index (χ0) is 38.2. The van der Waals surface area contributed by atoms with Gasteiger partial charge in [0, 0.05) is 25.8 Å². The lowest BCUT2D eigenvalue weighted by molar-refractivity contribution is -0.195. The number of rotatable bonds is 21. The number of carbonyl (C=O) groups is 3. The largest absolute Gasteiger partial charge is 0.479 e. The predicted octanol–water partition coefficient (Wildman–Crippen LogP) is 6.23. The highest BCUT2D eigenvalue weighted by atomic mass is 16.7. The fraction of sp³-hybridized carbons (Fsp3) is 0.632. The SMILES string of the molecule is BC(=O)OCc1ccc(OC2CC(O)CC(C(=O)O)O2)c(C(=O)NCCC(C)(C)OCCC(C)(C)O/N=C(\C)CC/C(C)=C/CC/C(C)=C/C)c1. The molecule has 0 aliphatic carbocycles. The minimum absolute atomic E-state index is 0.0357. The summed E-state index contributed by atoms with van der Waals surface area (Å²) >= 11 is 0. The maximum atomic E-state index is 13.4. The van der Waals surface area contributed by atoms with Gasteiger partial charge in [-0.25, -0.2) is 4.79 Å². The van der Waals surface area contributed by atoms with Crippen LogP contribution in [0.4, 0.5) is 4.79 Å². The third-order valence-corrected chi connectivity index (χ3v) is 8.59. The van der Waals surface area contributed by atoms with Crippen LogP contribution in [0.25, 0.3) is 0 Å². The van der Waals surface area contributed by atoms with Gasteiger partial charge in [-0.05, 0) is 105 Å². The van der Waals surface area contributed by atoms with Crippen LogP contribution in [0.2, 0.25) is 0 Å². The molecule has 3 N–H and O–H groups in total. The summed E-state index contributed by atoms with van der Waals surface area (Å²) in [4.78, 5) is 42.1. The van der Waals surface area contributed by atoms with Gasteiger partial charge in [0.05, 0.1) is 29.6 Å². The van der Waals surface area contributed by atoms with Crippen molar-refractivity contribution in [2.24, 2.45) is 5.16 Å². The number of amides is 1. The maximum Gasteiger partial charge on any atom is 0.333 e. The molecule has 1 aliphatic heterocycles. The van der Waals surface area contributed by atoms with Gasteiger partial charge in [-0.1, -0.05) is 34.5 Å². The van der Waals surface area contributed by atoms with Crippen molar-refractivity contribution in [3.8, 4) is 5.75 Å². The third kappa shape index (κ3) is 17.4. The number of allylic oxidation sites excluding steroid dienone is 4. The molecule has 284 valence electrons. The minimum Gasteiger partial charge on any atom is -0.479 e. The highest BCUT2D eigenvalue weighted by Crippen LogP contribution is 2.28. The monoisotopic (exact) mass is 714 g/mol. The molecular formula is C38H59BN2O10. The van der Waals surface area contributed by atoms with Gasteiger partial charge in [-0.3, -0.25) is 9.59 Å². The number of carboxylic acids is 1. The van der Waals surface area contributed by atoms with E-state index in [4.69, 9.17) is 23.8 Å². The van der Waals surface area contributed by atoms with Crippen LogP contribution in [0.3, 0.4) is 0 Å². The molecule has 51 heavy (non-hydrogen) atoms. The number of hydrogen-bond donors (Lipinski definition) is 3. The molecule has 1 aromatic carbocycles. The average molecular weight is 715 g/mol. The summed E-state index contributed by atoms with van der Waals surface area (Å²) in [6, 6.07) is 4.70. The average Bonchev–Trinajstić information content (AvgIpc) is 3.05. The van der Waals surface area contributed by atoms with Crippen molar-refractivity contribution in [1.82, 2.24) is 5.32 Å². The molecule has 1 saturated heterocycles. The summed E-state index contributed by atoms with van der Waals surface area (Å²) in [5.41, 5.74) is 3.30. The molecular weight excluding hydrogens is 655 g/mol. The topological polar surface area (TPSA) is 162 Å². The van der Waals surface area contributed by atoms with E-state index in [0.29, 0.717) is 25.0 Å². The second-order valence-corrected chi connectivity index (χ2v) is 14.5. The van der Waals surface area contributed by atoms with Crippen molar-refractivity contribution < 1.29 is 48.4 Å². The highest BCUT2D eigenvalue weighted by molar-refractivity contribution is 6.55. The Bertz CT molecular complexity index is 1400. The van der Waals surface area contributed by atoms with Crippen LogP contribution < -0.4 is 10.1 Å². The smallest absolute Gasteiger partial charge is 0.333 e.